The normalized spacial score (nSPS) is 18.8. The van der Waals surface area contributed by atoms with Crippen LogP contribution in [0.4, 0.5) is 0 Å². The van der Waals surface area contributed by atoms with Gasteiger partial charge in [0, 0.05) is 20.1 Å². The van der Waals surface area contributed by atoms with E-state index in [9.17, 15) is 5.11 Å². The van der Waals surface area contributed by atoms with Gasteiger partial charge in [-0.1, -0.05) is 51.5 Å². The Hall–Kier alpha value is -0.940. The minimum absolute atomic E-state index is 0.135. The van der Waals surface area contributed by atoms with Gasteiger partial charge in [0.1, 0.15) is 12.9 Å². The van der Waals surface area contributed by atoms with E-state index in [0.717, 1.165) is 24.8 Å². The third kappa shape index (κ3) is 9.36. The van der Waals surface area contributed by atoms with E-state index in [1.165, 1.54) is 0 Å². The van der Waals surface area contributed by atoms with E-state index in [2.05, 4.69) is 32.6 Å². The number of unbranched alkanes of at least 4 members (excludes halogenated alkanes) is 1. The van der Waals surface area contributed by atoms with Crippen molar-refractivity contribution in [2.24, 2.45) is 11.8 Å². The molecule has 0 heterocycles. The van der Waals surface area contributed by atoms with Gasteiger partial charge >= 0.3 is 0 Å². The highest BCUT2D eigenvalue weighted by atomic mass is 16.7. The van der Waals surface area contributed by atoms with Crippen molar-refractivity contribution in [1.29, 1.82) is 0 Å². The fourth-order valence-corrected chi connectivity index (χ4v) is 2.72. The summed E-state index contributed by atoms with van der Waals surface area (Å²) in [5.74, 6) is 0.307. The zero-order chi connectivity index (χ0) is 19.2. The van der Waals surface area contributed by atoms with Gasteiger partial charge in [0.2, 0.25) is 0 Å². The van der Waals surface area contributed by atoms with Crippen LogP contribution in [-0.2, 0) is 14.2 Å². The summed E-state index contributed by atoms with van der Waals surface area (Å²) in [6.07, 6.45) is 9.83. The van der Waals surface area contributed by atoms with Crippen molar-refractivity contribution in [2.45, 2.75) is 65.3 Å². The fraction of sp³-hybridized carbons (Fsp3) is 0.714. The van der Waals surface area contributed by atoms with Crippen LogP contribution in [0.3, 0.4) is 0 Å². The molecule has 0 bridgehead atoms. The second-order valence-electron chi connectivity index (χ2n) is 6.63. The van der Waals surface area contributed by atoms with Crippen LogP contribution in [0.5, 0.6) is 0 Å². The Morgan fingerprint density at radius 1 is 1.20 bits per heavy atom. The van der Waals surface area contributed by atoms with Crippen molar-refractivity contribution in [2.75, 3.05) is 21.0 Å². The van der Waals surface area contributed by atoms with E-state index in [1.54, 1.807) is 14.2 Å². The molecule has 1 N–H and O–H groups in total. The van der Waals surface area contributed by atoms with Crippen LogP contribution in [0.1, 0.15) is 47.0 Å². The van der Waals surface area contributed by atoms with Crippen LogP contribution >= 0.6 is 0 Å². The number of aliphatic hydroxyl groups excluding tert-OH is 1. The van der Waals surface area contributed by atoms with Crippen molar-refractivity contribution in [3.8, 4) is 0 Å². The maximum atomic E-state index is 10.8. The van der Waals surface area contributed by atoms with E-state index in [1.807, 2.05) is 26.0 Å². The quantitative estimate of drug-likeness (QED) is 0.283. The van der Waals surface area contributed by atoms with Crippen LogP contribution in [0.2, 0.25) is 0 Å². The van der Waals surface area contributed by atoms with Gasteiger partial charge in [-0.3, -0.25) is 0 Å². The number of rotatable bonds is 14. The zero-order valence-electron chi connectivity index (χ0n) is 16.9. The average Bonchev–Trinajstić information content (AvgIpc) is 2.62. The maximum absolute atomic E-state index is 10.8. The molecule has 5 atom stereocenters. The highest BCUT2D eigenvalue weighted by Crippen LogP contribution is 2.24. The largest absolute Gasteiger partial charge is 0.388 e. The number of hydrogen-bond acceptors (Lipinski definition) is 4. The van der Waals surface area contributed by atoms with Crippen molar-refractivity contribution < 1.29 is 19.3 Å². The minimum Gasteiger partial charge on any atom is -0.388 e. The van der Waals surface area contributed by atoms with E-state index < -0.39 is 6.10 Å². The molecule has 25 heavy (non-hydrogen) atoms. The molecule has 0 aromatic rings. The summed E-state index contributed by atoms with van der Waals surface area (Å²) in [4.78, 5) is 0. The Balaban J connectivity index is 5.21. The third-order valence-electron chi connectivity index (χ3n) is 4.51. The number of methoxy groups -OCH3 is 2. The monoisotopic (exact) mass is 354 g/mol. The standard InChI is InChI=1S/C21H38O4/c1-8-10-11-12-13-19(24-7)21(25-15-23-6)18(5)20(22)17(4)14-16(3)9-2/h8,12-14,16,18-22H,1,9-11,15H2,2-7H3/b13-12+,17-14+/t16-,18-,19+,20+,21+/m1/s1. The first kappa shape index (κ1) is 24.1. The van der Waals surface area contributed by atoms with Crippen molar-refractivity contribution in [3.05, 3.63) is 36.5 Å². The highest BCUT2D eigenvalue weighted by Gasteiger charge is 2.31. The van der Waals surface area contributed by atoms with Crippen molar-refractivity contribution in [3.63, 3.8) is 0 Å². The Morgan fingerprint density at radius 3 is 2.40 bits per heavy atom. The second-order valence-corrected chi connectivity index (χ2v) is 6.63. The summed E-state index contributed by atoms with van der Waals surface area (Å²) in [5.41, 5.74) is 0.971. The topological polar surface area (TPSA) is 47.9 Å². The number of hydrogen-bond donors (Lipinski definition) is 1. The highest BCUT2D eigenvalue weighted by molar-refractivity contribution is 5.10. The predicted octanol–water partition coefficient (Wildman–Crippen LogP) is 4.50. The molecule has 146 valence electrons. The molecule has 0 aliphatic rings. The number of ether oxygens (including phenoxy) is 3. The number of allylic oxidation sites excluding steroid dienone is 3. The molecule has 0 fully saturated rings. The summed E-state index contributed by atoms with van der Waals surface area (Å²) in [6.45, 7) is 12.2. The lowest BCUT2D eigenvalue weighted by Crippen LogP contribution is -2.41. The lowest BCUT2D eigenvalue weighted by molar-refractivity contribution is -0.139. The van der Waals surface area contributed by atoms with Gasteiger partial charge in [0.25, 0.3) is 0 Å². The predicted molar refractivity (Wildman–Crippen MR) is 104 cm³/mol. The molecule has 0 unspecified atom stereocenters. The average molecular weight is 355 g/mol. The van der Waals surface area contributed by atoms with Gasteiger partial charge in [0.05, 0.1) is 12.2 Å². The molecule has 4 heteroatoms. The third-order valence-corrected chi connectivity index (χ3v) is 4.51. The van der Waals surface area contributed by atoms with Crippen molar-refractivity contribution >= 4 is 0 Å². The van der Waals surface area contributed by atoms with Gasteiger partial charge in [-0.15, -0.1) is 6.58 Å². The van der Waals surface area contributed by atoms with Crippen LogP contribution < -0.4 is 0 Å². The Kier molecular flexibility index (Phi) is 13.7. The Morgan fingerprint density at radius 2 is 1.88 bits per heavy atom. The van der Waals surface area contributed by atoms with Gasteiger partial charge in [-0.05, 0) is 31.3 Å². The summed E-state index contributed by atoms with van der Waals surface area (Å²) in [6, 6.07) is 0. The maximum Gasteiger partial charge on any atom is 0.146 e. The summed E-state index contributed by atoms with van der Waals surface area (Å²) < 4.78 is 16.6. The molecule has 4 nitrogen and oxygen atoms in total. The van der Waals surface area contributed by atoms with Crippen LogP contribution in [-0.4, -0.2) is 44.4 Å². The zero-order valence-corrected chi connectivity index (χ0v) is 16.9. The molecule has 0 aliphatic heterocycles. The molecule has 0 radical (unpaired) electrons. The van der Waals surface area contributed by atoms with E-state index in [0.29, 0.717) is 5.92 Å². The van der Waals surface area contributed by atoms with Crippen LogP contribution in [0, 0.1) is 11.8 Å². The smallest absolute Gasteiger partial charge is 0.146 e. The molecule has 0 aromatic heterocycles. The molecule has 0 rings (SSSR count). The first-order chi connectivity index (χ1) is 11.9. The SMILES string of the molecule is C=CCC/C=C/[C@H](OC)[C@@H](OCOC)[C@H](C)[C@@H](O)/C(C)=C/[C@H](C)CC. The summed E-state index contributed by atoms with van der Waals surface area (Å²) in [7, 11) is 3.25. The Labute approximate surface area is 154 Å². The lowest BCUT2D eigenvalue weighted by atomic mass is 9.88. The molecular weight excluding hydrogens is 316 g/mol. The van der Waals surface area contributed by atoms with Crippen molar-refractivity contribution in [1.82, 2.24) is 0 Å². The lowest BCUT2D eigenvalue weighted by Gasteiger charge is -2.32. The summed E-state index contributed by atoms with van der Waals surface area (Å²) in [5, 5.41) is 10.8. The van der Waals surface area contributed by atoms with Gasteiger partial charge in [-0.2, -0.15) is 0 Å². The molecule has 0 aromatic carbocycles. The second kappa shape index (κ2) is 14.3. The number of aliphatic hydroxyl groups is 1. The van der Waals surface area contributed by atoms with Crippen LogP contribution in [0.15, 0.2) is 36.5 Å². The molecule has 0 saturated carbocycles. The van der Waals surface area contributed by atoms with E-state index in [-0.39, 0.29) is 24.9 Å². The Bertz CT molecular complexity index is 403. The van der Waals surface area contributed by atoms with Gasteiger partial charge < -0.3 is 19.3 Å². The van der Waals surface area contributed by atoms with E-state index in [4.69, 9.17) is 14.2 Å². The molecule has 0 amide bonds. The first-order valence-corrected chi connectivity index (χ1v) is 9.20. The minimum atomic E-state index is -0.588. The molecule has 0 saturated heterocycles. The van der Waals surface area contributed by atoms with Crippen LogP contribution in [0.25, 0.3) is 0 Å². The fourth-order valence-electron chi connectivity index (χ4n) is 2.72. The summed E-state index contributed by atoms with van der Waals surface area (Å²) >= 11 is 0. The first-order valence-electron chi connectivity index (χ1n) is 9.20. The van der Waals surface area contributed by atoms with E-state index >= 15 is 0 Å². The molecule has 0 aliphatic carbocycles. The molecular formula is C21H38O4. The van der Waals surface area contributed by atoms with Gasteiger partial charge in [0.15, 0.2) is 0 Å². The van der Waals surface area contributed by atoms with Gasteiger partial charge in [-0.25, -0.2) is 0 Å². The molecule has 0 spiro atoms.